The Balaban J connectivity index is 2.11. The summed E-state index contributed by atoms with van der Waals surface area (Å²) >= 11 is 0. The summed E-state index contributed by atoms with van der Waals surface area (Å²) in [4.78, 5) is 49.5. The first kappa shape index (κ1) is 18.0. The maximum atomic E-state index is 12.0. The molecule has 1 aromatic carbocycles. The van der Waals surface area contributed by atoms with Crippen molar-refractivity contribution < 1.29 is 24.3 Å². The van der Waals surface area contributed by atoms with Gasteiger partial charge >= 0.3 is 5.97 Å². The van der Waals surface area contributed by atoms with Crippen molar-refractivity contribution in [2.45, 2.75) is 19.8 Å². The second kappa shape index (κ2) is 7.47. The quantitative estimate of drug-likeness (QED) is 0.456. The van der Waals surface area contributed by atoms with E-state index in [4.69, 9.17) is 4.84 Å². The van der Waals surface area contributed by atoms with E-state index in [0.717, 1.165) is 18.2 Å². The highest BCUT2D eigenvalue weighted by Gasteiger charge is 2.22. The number of benzene rings is 1. The highest BCUT2D eigenvalue weighted by Crippen LogP contribution is 2.23. The van der Waals surface area contributed by atoms with E-state index >= 15 is 0 Å². The van der Waals surface area contributed by atoms with Crippen LogP contribution in [0.2, 0.25) is 0 Å². The summed E-state index contributed by atoms with van der Waals surface area (Å²) in [5.41, 5.74) is -0.968. The van der Waals surface area contributed by atoms with Crippen molar-refractivity contribution in [2.75, 3.05) is 13.1 Å². The number of carbonyl (C=O) groups excluding carboxylic acids is 2. The van der Waals surface area contributed by atoms with Crippen LogP contribution in [0.25, 0.3) is 0 Å². The molecule has 1 aliphatic rings. The van der Waals surface area contributed by atoms with Crippen molar-refractivity contribution in [1.82, 2.24) is 4.90 Å². The number of nitrogens with zero attached hydrogens (tertiary/aromatic N) is 4. The number of nitro benzene ring substituents is 2. The first-order valence-corrected chi connectivity index (χ1v) is 7.24. The molecule has 1 amide bonds. The third kappa shape index (κ3) is 4.56. The van der Waals surface area contributed by atoms with E-state index in [-0.39, 0.29) is 11.5 Å². The fourth-order valence-electron chi connectivity index (χ4n) is 2.25. The highest BCUT2D eigenvalue weighted by molar-refractivity contribution is 5.92. The molecule has 0 atom stereocenters. The minimum atomic E-state index is -1.03. The van der Waals surface area contributed by atoms with Crippen LogP contribution in [0.15, 0.2) is 23.4 Å². The summed E-state index contributed by atoms with van der Waals surface area (Å²) in [6.45, 7) is 2.36. The Kier molecular flexibility index (Phi) is 5.37. The van der Waals surface area contributed by atoms with E-state index in [2.05, 4.69) is 5.16 Å². The van der Waals surface area contributed by atoms with Crippen LogP contribution in [0, 0.1) is 20.2 Å². The SMILES string of the molecule is CC(=O)N1CCC(=NOC(=O)c2cc([N+](=O)[O-])cc([N+](=O)[O-])c2)CC1. The number of amides is 1. The van der Waals surface area contributed by atoms with Crippen LogP contribution < -0.4 is 0 Å². The molecule has 11 nitrogen and oxygen atoms in total. The van der Waals surface area contributed by atoms with Crippen LogP contribution in [0.4, 0.5) is 11.4 Å². The number of hydrogen-bond acceptors (Lipinski definition) is 8. The van der Waals surface area contributed by atoms with Gasteiger partial charge in [-0.3, -0.25) is 25.0 Å². The predicted molar refractivity (Wildman–Crippen MR) is 84.1 cm³/mol. The van der Waals surface area contributed by atoms with E-state index in [9.17, 15) is 29.8 Å². The van der Waals surface area contributed by atoms with E-state index in [0.29, 0.717) is 31.6 Å². The molecule has 0 bridgehead atoms. The summed E-state index contributed by atoms with van der Waals surface area (Å²) in [6, 6.07) is 2.52. The molecular formula is C14H14N4O7. The average Bonchev–Trinajstić information content (AvgIpc) is 2.59. The average molecular weight is 350 g/mol. The minimum absolute atomic E-state index is 0.0556. The van der Waals surface area contributed by atoms with Crippen LogP contribution in [0.1, 0.15) is 30.1 Å². The fraction of sp³-hybridized carbons (Fsp3) is 0.357. The first-order chi connectivity index (χ1) is 11.8. The van der Waals surface area contributed by atoms with Gasteiger partial charge in [0.25, 0.3) is 11.4 Å². The molecule has 0 aromatic heterocycles. The maximum absolute atomic E-state index is 12.0. The van der Waals surface area contributed by atoms with Gasteiger partial charge in [-0.15, -0.1) is 0 Å². The summed E-state index contributed by atoms with van der Waals surface area (Å²) < 4.78 is 0. The highest BCUT2D eigenvalue weighted by atomic mass is 16.7. The lowest BCUT2D eigenvalue weighted by Gasteiger charge is -2.25. The Morgan fingerprint density at radius 3 is 2.04 bits per heavy atom. The van der Waals surface area contributed by atoms with Gasteiger partial charge in [-0.25, -0.2) is 4.79 Å². The van der Waals surface area contributed by atoms with Crippen molar-refractivity contribution in [3.63, 3.8) is 0 Å². The van der Waals surface area contributed by atoms with Gasteiger partial charge in [-0.2, -0.15) is 0 Å². The largest absolute Gasteiger partial charge is 0.366 e. The number of likely N-dealkylation sites (tertiary alicyclic amines) is 1. The van der Waals surface area contributed by atoms with Gasteiger partial charge in [0.05, 0.1) is 27.2 Å². The van der Waals surface area contributed by atoms with Gasteiger partial charge < -0.3 is 9.74 Å². The maximum Gasteiger partial charge on any atom is 0.366 e. The Morgan fingerprint density at radius 2 is 1.60 bits per heavy atom. The molecule has 0 spiro atoms. The smallest absolute Gasteiger partial charge is 0.342 e. The lowest BCUT2D eigenvalue weighted by molar-refractivity contribution is -0.394. The molecule has 1 aromatic rings. The molecule has 132 valence electrons. The third-order valence-electron chi connectivity index (χ3n) is 3.60. The number of carbonyl (C=O) groups is 2. The Morgan fingerprint density at radius 1 is 1.08 bits per heavy atom. The van der Waals surface area contributed by atoms with Crippen LogP contribution in [0.3, 0.4) is 0 Å². The number of oxime groups is 1. The molecule has 1 fully saturated rings. The standard InChI is InChI=1S/C14H14N4O7/c1-9(19)16-4-2-11(3-5-16)15-25-14(20)10-6-12(17(21)22)8-13(7-10)18(23)24/h6-8H,2-5H2,1H3. The molecule has 0 saturated carbocycles. The molecule has 1 heterocycles. The van der Waals surface area contributed by atoms with Crippen molar-refractivity contribution in [1.29, 1.82) is 0 Å². The third-order valence-corrected chi connectivity index (χ3v) is 3.60. The summed E-state index contributed by atoms with van der Waals surface area (Å²) in [6.07, 6.45) is 0.865. The summed E-state index contributed by atoms with van der Waals surface area (Å²) in [5, 5.41) is 25.3. The number of hydrogen-bond donors (Lipinski definition) is 0. The number of piperidine rings is 1. The normalized spacial score (nSPS) is 14.0. The van der Waals surface area contributed by atoms with Crippen molar-refractivity contribution in [2.24, 2.45) is 5.16 Å². The molecule has 0 radical (unpaired) electrons. The molecule has 2 rings (SSSR count). The van der Waals surface area contributed by atoms with Gasteiger partial charge in [-0.05, 0) is 0 Å². The zero-order valence-corrected chi connectivity index (χ0v) is 13.2. The molecule has 0 unspecified atom stereocenters. The summed E-state index contributed by atoms with van der Waals surface area (Å²) in [7, 11) is 0. The van der Waals surface area contributed by atoms with Crippen LogP contribution in [-0.4, -0.2) is 45.4 Å². The zero-order valence-electron chi connectivity index (χ0n) is 13.2. The second-order valence-electron chi connectivity index (χ2n) is 5.29. The van der Waals surface area contributed by atoms with Crippen molar-refractivity contribution >= 4 is 29.0 Å². The van der Waals surface area contributed by atoms with Crippen LogP contribution in [0.5, 0.6) is 0 Å². The van der Waals surface area contributed by atoms with E-state index in [1.807, 2.05) is 0 Å². The molecule has 1 aliphatic heterocycles. The molecule has 0 aliphatic carbocycles. The molecule has 25 heavy (non-hydrogen) atoms. The summed E-state index contributed by atoms with van der Waals surface area (Å²) in [5.74, 6) is -1.09. The lowest BCUT2D eigenvalue weighted by atomic mass is 10.1. The first-order valence-electron chi connectivity index (χ1n) is 7.24. The molecule has 1 saturated heterocycles. The molecular weight excluding hydrogens is 336 g/mol. The number of non-ortho nitro benzene ring substituents is 2. The van der Waals surface area contributed by atoms with Gasteiger partial charge in [0.2, 0.25) is 5.91 Å². The molecule has 11 heteroatoms. The van der Waals surface area contributed by atoms with E-state index in [1.54, 1.807) is 4.90 Å². The van der Waals surface area contributed by atoms with E-state index < -0.39 is 27.2 Å². The van der Waals surface area contributed by atoms with Gasteiger partial charge in [-0.1, -0.05) is 5.16 Å². The Bertz CT molecular complexity index is 732. The van der Waals surface area contributed by atoms with Gasteiger partial charge in [0.1, 0.15) is 0 Å². The van der Waals surface area contributed by atoms with Gasteiger partial charge in [0.15, 0.2) is 0 Å². The zero-order chi connectivity index (χ0) is 18.6. The predicted octanol–water partition coefficient (Wildman–Crippen LogP) is 1.66. The number of rotatable bonds is 4. The lowest BCUT2D eigenvalue weighted by Crippen LogP contribution is -2.37. The van der Waals surface area contributed by atoms with Crippen molar-refractivity contribution in [3.8, 4) is 0 Å². The monoisotopic (exact) mass is 350 g/mol. The fourth-order valence-corrected chi connectivity index (χ4v) is 2.25. The van der Waals surface area contributed by atoms with Crippen molar-refractivity contribution in [3.05, 3.63) is 44.0 Å². The van der Waals surface area contributed by atoms with Crippen LogP contribution >= 0.6 is 0 Å². The number of nitro groups is 2. The Labute approximate surface area is 141 Å². The van der Waals surface area contributed by atoms with Gasteiger partial charge in [0, 0.05) is 45.0 Å². The second-order valence-corrected chi connectivity index (χ2v) is 5.29. The molecule has 0 N–H and O–H groups in total. The topological polar surface area (TPSA) is 145 Å². The van der Waals surface area contributed by atoms with E-state index in [1.165, 1.54) is 6.92 Å². The van der Waals surface area contributed by atoms with Crippen LogP contribution in [-0.2, 0) is 9.63 Å². The minimum Gasteiger partial charge on any atom is -0.342 e. The Hall–Kier alpha value is -3.37.